The van der Waals surface area contributed by atoms with E-state index in [9.17, 15) is 5.11 Å². The van der Waals surface area contributed by atoms with Crippen molar-refractivity contribution >= 4 is 5.69 Å². The van der Waals surface area contributed by atoms with Crippen molar-refractivity contribution in [3.63, 3.8) is 0 Å². The molecule has 20 heavy (non-hydrogen) atoms. The van der Waals surface area contributed by atoms with Gasteiger partial charge in [-0.3, -0.25) is 0 Å². The topological polar surface area (TPSA) is 37.6 Å². The molecule has 1 fully saturated rings. The third-order valence-corrected chi connectivity index (χ3v) is 3.80. The zero-order valence-corrected chi connectivity index (χ0v) is 13.2. The van der Waals surface area contributed by atoms with Crippen LogP contribution in [0.3, 0.4) is 0 Å². The Morgan fingerprint density at radius 3 is 2.45 bits per heavy atom. The highest BCUT2D eigenvalue weighted by Gasteiger charge is 2.23. The van der Waals surface area contributed by atoms with E-state index in [4.69, 9.17) is 0 Å². The lowest BCUT2D eigenvalue weighted by Gasteiger charge is -2.34. The average molecular weight is 275 g/mol. The minimum atomic E-state index is -0.289. The number of benzene rings is 1. The van der Waals surface area contributed by atoms with Crippen molar-refractivity contribution in [1.82, 2.24) is 5.32 Å². The number of hydrogen-bond donors (Lipinski definition) is 1. The van der Waals surface area contributed by atoms with Gasteiger partial charge < -0.3 is 10.0 Å². The lowest BCUT2D eigenvalue weighted by atomic mass is 9.84. The lowest BCUT2D eigenvalue weighted by Crippen LogP contribution is -2.41. The number of nitrogens with zero attached hydrogens (tertiary/aromatic N) is 2. The third-order valence-electron chi connectivity index (χ3n) is 3.80. The first kappa shape index (κ1) is 15.3. The molecule has 0 saturated carbocycles. The van der Waals surface area contributed by atoms with Crippen LogP contribution in [0.4, 0.5) is 5.69 Å². The first-order chi connectivity index (χ1) is 9.38. The van der Waals surface area contributed by atoms with Gasteiger partial charge in [-0.1, -0.05) is 32.9 Å². The quantitative estimate of drug-likeness (QED) is 0.919. The van der Waals surface area contributed by atoms with Crippen LogP contribution in [0.15, 0.2) is 18.2 Å². The van der Waals surface area contributed by atoms with E-state index in [1.807, 2.05) is 6.92 Å². The maximum Gasteiger partial charge on any atom is 0.0552 e. The highest BCUT2D eigenvalue weighted by molar-refractivity contribution is 5.58. The van der Waals surface area contributed by atoms with Gasteiger partial charge in [0.1, 0.15) is 0 Å². The molecule has 0 bridgehead atoms. The Morgan fingerprint density at radius 1 is 1.25 bits per heavy atom. The molecule has 0 spiro atoms. The summed E-state index contributed by atoms with van der Waals surface area (Å²) in [5.74, 6) is 0. The minimum Gasteiger partial charge on any atom is -0.393 e. The summed E-state index contributed by atoms with van der Waals surface area (Å²) in [6, 6.07) is 6.65. The molecule has 1 saturated heterocycles. The number of aliphatic hydroxyl groups excluding tert-OH is 1. The summed E-state index contributed by atoms with van der Waals surface area (Å²) >= 11 is 0. The van der Waals surface area contributed by atoms with Gasteiger partial charge in [-0.25, -0.2) is 5.32 Å². The largest absolute Gasteiger partial charge is 0.393 e. The van der Waals surface area contributed by atoms with Crippen LogP contribution in [0.5, 0.6) is 0 Å². The van der Waals surface area contributed by atoms with Gasteiger partial charge in [-0.2, -0.15) is 0 Å². The summed E-state index contributed by atoms with van der Waals surface area (Å²) in [6.07, 6.45) is 0.432. The van der Waals surface area contributed by atoms with Crippen LogP contribution >= 0.6 is 0 Å². The van der Waals surface area contributed by atoms with Crippen LogP contribution in [0.2, 0.25) is 0 Å². The molecule has 1 N–H and O–H groups in total. The van der Waals surface area contributed by atoms with E-state index in [0.717, 1.165) is 32.6 Å². The Labute approximate surface area is 123 Å². The Morgan fingerprint density at radius 2 is 1.90 bits per heavy atom. The molecule has 1 aliphatic heterocycles. The minimum absolute atomic E-state index is 0.110. The first-order valence-electron chi connectivity index (χ1n) is 7.57. The molecule has 1 aromatic rings. The molecule has 2 rings (SSSR count). The van der Waals surface area contributed by atoms with Gasteiger partial charge in [0.25, 0.3) is 0 Å². The van der Waals surface area contributed by atoms with E-state index >= 15 is 0 Å². The van der Waals surface area contributed by atoms with Crippen LogP contribution < -0.4 is 10.2 Å². The first-order valence-corrected chi connectivity index (χ1v) is 7.57. The van der Waals surface area contributed by atoms with Crippen molar-refractivity contribution in [3.8, 4) is 0 Å². The average Bonchev–Trinajstić information content (AvgIpc) is 2.38. The second-order valence-corrected chi connectivity index (χ2v) is 6.81. The maximum atomic E-state index is 9.59. The summed E-state index contributed by atoms with van der Waals surface area (Å²) in [7, 11) is 0. The summed E-state index contributed by atoms with van der Waals surface area (Å²) in [5, 5.41) is 14.0. The van der Waals surface area contributed by atoms with Crippen LogP contribution in [0, 0.1) is 0 Å². The zero-order valence-electron chi connectivity index (χ0n) is 13.2. The van der Waals surface area contributed by atoms with Gasteiger partial charge in [0.2, 0.25) is 0 Å². The van der Waals surface area contributed by atoms with Crippen LogP contribution in [0.1, 0.15) is 38.8 Å². The van der Waals surface area contributed by atoms with Gasteiger partial charge in [-0.15, -0.1) is 0 Å². The van der Waals surface area contributed by atoms with Crippen molar-refractivity contribution in [3.05, 3.63) is 29.3 Å². The van der Waals surface area contributed by atoms with Crippen molar-refractivity contribution in [2.45, 2.75) is 45.6 Å². The molecule has 3 heteroatoms. The lowest BCUT2D eigenvalue weighted by molar-refractivity contribution is 0.195. The fraction of sp³-hybridized carbons (Fsp3) is 0.647. The Bertz CT molecular complexity index is 443. The van der Waals surface area contributed by atoms with E-state index in [2.05, 4.69) is 49.2 Å². The molecule has 111 valence electrons. The normalized spacial score (nSPS) is 18.1. The van der Waals surface area contributed by atoms with Crippen LogP contribution in [0.25, 0.3) is 0 Å². The zero-order chi connectivity index (χ0) is 14.8. The van der Waals surface area contributed by atoms with E-state index in [1.54, 1.807) is 0 Å². The van der Waals surface area contributed by atoms with Gasteiger partial charge in [0, 0.05) is 31.9 Å². The number of hydrogen-bond acceptors (Lipinski definition) is 2. The van der Waals surface area contributed by atoms with Gasteiger partial charge >= 0.3 is 0 Å². The molecular formula is C17H27N2O. The molecule has 1 unspecified atom stereocenters. The maximum absolute atomic E-state index is 9.59. The monoisotopic (exact) mass is 275 g/mol. The molecule has 1 heterocycles. The van der Waals surface area contributed by atoms with Crippen LogP contribution in [-0.4, -0.2) is 37.4 Å². The van der Waals surface area contributed by atoms with E-state index in [0.29, 0.717) is 0 Å². The second-order valence-electron chi connectivity index (χ2n) is 6.81. The van der Waals surface area contributed by atoms with Gasteiger partial charge in [0.05, 0.1) is 6.10 Å². The highest BCUT2D eigenvalue weighted by atomic mass is 16.3. The van der Waals surface area contributed by atoms with Gasteiger partial charge in [0.15, 0.2) is 0 Å². The SMILES string of the molecule is CC(O)Cc1ccc(N2CC[N]CC2)c(C(C)(C)C)c1. The summed E-state index contributed by atoms with van der Waals surface area (Å²) in [5.41, 5.74) is 4.04. The van der Waals surface area contributed by atoms with Crippen molar-refractivity contribution in [2.75, 3.05) is 31.1 Å². The van der Waals surface area contributed by atoms with E-state index < -0.39 is 0 Å². The van der Waals surface area contributed by atoms with Crippen molar-refractivity contribution < 1.29 is 5.11 Å². The molecule has 1 aromatic carbocycles. The highest BCUT2D eigenvalue weighted by Crippen LogP contribution is 2.33. The molecule has 1 atom stereocenters. The molecule has 0 amide bonds. The molecule has 0 aromatic heterocycles. The fourth-order valence-corrected chi connectivity index (χ4v) is 2.78. The number of piperazine rings is 1. The Hall–Kier alpha value is -1.06. The molecule has 0 aliphatic carbocycles. The predicted octanol–water partition coefficient (Wildman–Crippen LogP) is 2.33. The predicted molar refractivity (Wildman–Crippen MR) is 84.6 cm³/mol. The van der Waals surface area contributed by atoms with Gasteiger partial charge in [-0.05, 0) is 36.0 Å². The standard InChI is InChI=1S/C17H27N2O/c1-13(20)11-14-5-6-16(15(12-14)17(2,3)4)19-9-7-18-8-10-19/h5-6,12-13,20H,7-11H2,1-4H3. The summed E-state index contributed by atoms with van der Waals surface area (Å²) < 4.78 is 0. The Balaban J connectivity index is 2.34. The Kier molecular flexibility index (Phi) is 4.71. The molecule has 1 aliphatic rings. The van der Waals surface area contributed by atoms with E-state index in [1.165, 1.54) is 16.8 Å². The third kappa shape index (κ3) is 3.74. The smallest absolute Gasteiger partial charge is 0.0552 e. The number of rotatable bonds is 3. The van der Waals surface area contributed by atoms with Crippen LogP contribution in [-0.2, 0) is 11.8 Å². The van der Waals surface area contributed by atoms with E-state index in [-0.39, 0.29) is 11.5 Å². The summed E-state index contributed by atoms with van der Waals surface area (Å²) in [6.45, 7) is 12.5. The number of aliphatic hydroxyl groups is 1. The second kappa shape index (κ2) is 6.15. The molecular weight excluding hydrogens is 248 g/mol. The molecule has 3 nitrogen and oxygen atoms in total. The summed E-state index contributed by atoms with van der Waals surface area (Å²) in [4.78, 5) is 2.44. The number of anilines is 1. The van der Waals surface area contributed by atoms with Crippen molar-refractivity contribution in [1.29, 1.82) is 0 Å². The fourth-order valence-electron chi connectivity index (χ4n) is 2.78. The molecule has 1 radical (unpaired) electrons. The van der Waals surface area contributed by atoms with Crippen molar-refractivity contribution in [2.24, 2.45) is 0 Å².